The van der Waals surface area contributed by atoms with Crippen LogP contribution in [0.2, 0.25) is 5.02 Å². The van der Waals surface area contributed by atoms with Crippen LogP contribution in [-0.2, 0) is 9.57 Å². The van der Waals surface area contributed by atoms with Gasteiger partial charge in [-0.1, -0.05) is 11.6 Å². The number of hydrogen-bond donors (Lipinski definition) is 0. The van der Waals surface area contributed by atoms with Gasteiger partial charge in [0.25, 0.3) is 0 Å². The Morgan fingerprint density at radius 1 is 1.29 bits per heavy atom. The molecule has 1 aromatic heterocycles. The van der Waals surface area contributed by atoms with Crippen molar-refractivity contribution in [3.63, 3.8) is 0 Å². The zero-order valence-electron chi connectivity index (χ0n) is 13.6. The third-order valence-corrected chi connectivity index (χ3v) is 3.36. The molecule has 0 N–H and O–H groups in total. The van der Waals surface area contributed by atoms with Crippen LogP contribution in [0.5, 0.6) is 5.88 Å². The molecule has 24 heavy (non-hydrogen) atoms. The van der Waals surface area contributed by atoms with Gasteiger partial charge >= 0.3 is 6.09 Å². The molecule has 0 unspecified atom stereocenters. The molecular weight excluding hydrogens is 334 g/mol. The summed E-state index contributed by atoms with van der Waals surface area (Å²) in [6.45, 7) is 1.93. The first kappa shape index (κ1) is 17.8. The molecule has 0 atom stereocenters. The van der Waals surface area contributed by atoms with Crippen LogP contribution in [0.4, 0.5) is 4.79 Å². The van der Waals surface area contributed by atoms with Gasteiger partial charge in [0.05, 0.1) is 19.9 Å². The van der Waals surface area contributed by atoms with Gasteiger partial charge in [0.15, 0.2) is 0 Å². The summed E-state index contributed by atoms with van der Waals surface area (Å²) in [5.41, 5.74) is 1.42. The van der Waals surface area contributed by atoms with Crippen molar-refractivity contribution in [3.8, 4) is 11.6 Å². The van der Waals surface area contributed by atoms with Crippen LogP contribution < -0.4 is 4.74 Å². The topological polar surface area (TPSA) is 65.8 Å². The molecule has 0 fully saturated rings. The zero-order valence-corrected chi connectivity index (χ0v) is 14.4. The summed E-state index contributed by atoms with van der Waals surface area (Å²) < 4.78 is 11.8. The second-order valence-electron chi connectivity index (χ2n) is 4.68. The summed E-state index contributed by atoms with van der Waals surface area (Å²) in [5.74, 6) is 0.455. The fourth-order valence-corrected chi connectivity index (χ4v) is 2.02. The van der Waals surface area contributed by atoms with E-state index in [-0.39, 0.29) is 6.61 Å². The standard InChI is InChI=1S/C16H18ClN3O4/c1-12(20(23-3)16(21)22-2)9-11-24-15-8-10-19(18-15)14-6-4-13(17)5-7-14/h4-10H,11H2,1-3H3/b12-9+. The van der Waals surface area contributed by atoms with Gasteiger partial charge < -0.3 is 9.47 Å². The van der Waals surface area contributed by atoms with E-state index in [0.29, 0.717) is 16.6 Å². The summed E-state index contributed by atoms with van der Waals surface area (Å²) in [6.07, 6.45) is 2.85. The lowest BCUT2D eigenvalue weighted by molar-refractivity contribution is -0.0792. The highest BCUT2D eigenvalue weighted by Gasteiger charge is 2.14. The Hall–Kier alpha value is -2.51. The highest BCUT2D eigenvalue weighted by atomic mass is 35.5. The minimum absolute atomic E-state index is 0.223. The number of allylic oxidation sites excluding steroid dienone is 1. The molecule has 0 aliphatic rings. The minimum atomic E-state index is -0.613. The van der Waals surface area contributed by atoms with Crippen LogP contribution in [0.25, 0.3) is 5.69 Å². The minimum Gasteiger partial charge on any atom is -0.472 e. The van der Waals surface area contributed by atoms with Gasteiger partial charge in [0.1, 0.15) is 6.61 Å². The highest BCUT2D eigenvalue weighted by Crippen LogP contribution is 2.15. The lowest BCUT2D eigenvalue weighted by atomic mass is 10.3. The molecule has 0 radical (unpaired) electrons. The molecule has 8 heteroatoms. The van der Waals surface area contributed by atoms with E-state index in [0.717, 1.165) is 10.8 Å². The number of ether oxygens (including phenoxy) is 2. The molecule has 0 bridgehead atoms. The maximum absolute atomic E-state index is 11.5. The van der Waals surface area contributed by atoms with Gasteiger partial charge in [-0.3, -0.25) is 4.84 Å². The van der Waals surface area contributed by atoms with Crippen molar-refractivity contribution in [2.45, 2.75) is 6.92 Å². The largest absolute Gasteiger partial charge is 0.472 e. The third-order valence-electron chi connectivity index (χ3n) is 3.11. The Morgan fingerprint density at radius 2 is 2.00 bits per heavy atom. The van der Waals surface area contributed by atoms with Gasteiger partial charge in [-0.05, 0) is 37.3 Å². The molecule has 0 aliphatic carbocycles. The number of aromatic nitrogens is 2. The van der Waals surface area contributed by atoms with Crippen LogP contribution in [-0.4, -0.2) is 41.8 Å². The third kappa shape index (κ3) is 4.50. The van der Waals surface area contributed by atoms with Gasteiger partial charge in [0, 0.05) is 23.0 Å². The molecule has 0 aliphatic heterocycles. The monoisotopic (exact) mass is 351 g/mol. The SMILES string of the molecule is COC(=O)N(OC)/C(C)=C/COc1ccn(-c2ccc(Cl)cc2)n1. The van der Waals surface area contributed by atoms with Crippen molar-refractivity contribution < 1.29 is 19.1 Å². The van der Waals surface area contributed by atoms with E-state index in [1.807, 2.05) is 12.1 Å². The van der Waals surface area contributed by atoms with E-state index in [1.165, 1.54) is 14.2 Å². The summed E-state index contributed by atoms with van der Waals surface area (Å²) in [5, 5.41) is 6.00. The predicted octanol–water partition coefficient (Wildman–Crippen LogP) is 3.44. The number of rotatable bonds is 6. The number of halogens is 1. The second kappa shape index (κ2) is 8.37. The van der Waals surface area contributed by atoms with Crippen LogP contribution >= 0.6 is 11.6 Å². The first-order valence-corrected chi connectivity index (χ1v) is 7.46. The van der Waals surface area contributed by atoms with E-state index in [4.69, 9.17) is 21.2 Å². The number of benzene rings is 1. The fraction of sp³-hybridized carbons (Fsp3) is 0.250. The molecular formula is C16H18ClN3O4. The number of hydrogen-bond acceptors (Lipinski definition) is 5. The summed E-state index contributed by atoms with van der Waals surface area (Å²) >= 11 is 5.86. The zero-order chi connectivity index (χ0) is 17.5. The maximum Gasteiger partial charge on any atom is 0.438 e. The lowest BCUT2D eigenvalue weighted by Gasteiger charge is -2.18. The molecule has 0 saturated carbocycles. The molecule has 7 nitrogen and oxygen atoms in total. The highest BCUT2D eigenvalue weighted by molar-refractivity contribution is 6.30. The van der Waals surface area contributed by atoms with Gasteiger partial charge in [0.2, 0.25) is 5.88 Å². The molecule has 1 heterocycles. The number of methoxy groups -OCH3 is 1. The quantitative estimate of drug-likeness (QED) is 0.746. The Bertz CT molecular complexity index is 712. The van der Waals surface area contributed by atoms with E-state index in [1.54, 1.807) is 42.1 Å². The maximum atomic E-state index is 11.5. The first-order chi connectivity index (χ1) is 11.5. The first-order valence-electron chi connectivity index (χ1n) is 7.08. The van der Waals surface area contributed by atoms with Crippen molar-refractivity contribution in [2.75, 3.05) is 20.8 Å². The molecule has 0 spiro atoms. The van der Waals surface area contributed by atoms with Crippen molar-refractivity contribution in [1.82, 2.24) is 14.8 Å². The summed E-state index contributed by atoms with van der Waals surface area (Å²) in [7, 11) is 2.66. The van der Waals surface area contributed by atoms with Crippen LogP contribution in [0.1, 0.15) is 6.92 Å². The van der Waals surface area contributed by atoms with Crippen molar-refractivity contribution in [3.05, 3.63) is 53.3 Å². The number of carbonyl (C=O) groups excluding carboxylic acids is 1. The molecule has 0 saturated heterocycles. The van der Waals surface area contributed by atoms with Gasteiger partial charge in [-0.25, -0.2) is 9.48 Å². The molecule has 2 aromatic rings. The van der Waals surface area contributed by atoms with Crippen LogP contribution in [0.3, 0.4) is 0 Å². The van der Waals surface area contributed by atoms with Crippen molar-refractivity contribution in [2.24, 2.45) is 0 Å². The van der Waals surface area contributed by atoms with Gasteiger partial charge in [-0.15, -0.1) is 5.10 Å². The van der Waals surface area contributed by atoms with Crippen molar-refractivity contribution >= 4 is 17.7 Å². The average molecular weight is 352 g/mol. The molecule has 2 rings (SSSR count). The molecule has 1 aromatic carbocycles. The number of nitrogens with zero attached hydrogens (tertiary/aromatic N) is 3. The van der Waals surface area contributed by atoms with E-state index < -0.39 is 6.09 Å². The number of amides is 1. The van der Waals surface area contributed by atoms with Crippen molar-refractivity contribution in [1.29, 1.82) is 0 Å². The predicted molar refractivity (Wildman–Crippen MR) is 89.1 cm³/mol. The van der Waals surface area contributed by atoms with Gasteiger partial charge in [-0.2, -0.15) is 5.06 Å². The van der Waals surface area contributed by atoms with Crippen LogP contribution in [0, 0.1) is 0 Å². The average Bonchev–Trinajstić information content (AvgIpc) is 3.04. The van der Waals surface area contributed by atoms with E-state index in [2.05, 4.69) is 9.84 Å². The number of hydroxylamine groups is 2. The fourth-order valence-electron chi connectivity index (χ4n) is 1.90. The summed E-state index contributed by atoms with van der Waals surface area (Å²) in [4.78, 5) is 16.4. The normalized spacial score (nSPS) is 11.2. The Kier molecular flexibility index (Phi) is 6.22. The lowest BCUT2D eigenvalue weighted by Crippen LogP contribution is -2.28. The van der Waals surface area contributed by atoms with E-state index in [9.17, 15) is 4.79 Å². The summed E-state index contributed by atoms with van der Waals surface area (Å²) in [6, 6.07) is 9.03. The Labute approximate surface area is 144 Å². The second-order valence-corrected chi connectivity index (χ2v) is 5.11. The smallest absolute Gasteiger partial charge is 0.438 e. The van der Waals surface area contributed by atoms with E-state index >= 15 is 0 Å². The Balaban J connectivity index is 1.96. The molecule has 1 amide bonds. The molecule has 128 valence electrons. The number of carbonyl (C=O) groups is 1. The van der Waals surface area contributed by atoms with Crippen LogP contribution in [0.15, 0.2) is 48.3 Å². The Morgan fingerprint density at radius 3 is 2.62 bits per heavy atom.